The molecular formula is C23H25N3O3S2. The van der Waals surface area contributed by atoms with E-state index in [1.54, 1.807) is 29.7 Å². The van der Waals surface area contributed by atoms with Gasteiger partial charge in [-0.15, -0.1) is 11.3 Å². The van der Waals surface area contributed by atoms with Crippen LogP contribution in [0.2, 0.25) is 0 Å². The molecular weight excluding hydrogens is 430 g/mol. The molecule has 31 heavy (non-hydrogen) atoms. The number of sulfonamides is 1. The third-order valence-electron chi connectivity index (χ3n) is 5.42. The lowest BCUT2D eigenvalue weighted by Crippen LogP contribution is -2.30. The van der Waals surface area contributed by atoms with E-state index in [0.717, 1.165) is 29.1 Å². The number of hydrogen-bond donors (Lipinski definition) is 0. The van der Waals surface area contributed by atoms with Gasteiger partial charge in [-0.1, -0.05) is 12.1 Å². The molecule has 1 aliphatic heterocycles. The monoisotopic (exact) mass is 455 g/mol. The van der Waals surface area contributed by atoms with Gasteiger partial charge in [0.05, 0.1) is 18.0 Å². The molecule has 0 unspecified atom stereocenters. The van der Waals surface area contributed by atoms with Crippen molar-refractivity contribution in [2.45, 2.75) is 31.2 Å². The van der Waals surface area contributed by atoms with Crippen LogP contribution in [0, 0.1) is 6.92 Å². The molecule has 0 amide bonds. The Kier molecular flexibility index (Phi) is 6.50. The Bertz CT molecular complexity index is 1140. The molecule has 0 spiro atoms. The minimum Gasteiger partial charge on any atom is -0.344 e. The van der Waals surface area contributed by atoms with Crippen LogP contribution in [0.1, 0.15) is 33.6 Å². The average molecular weight is 456 g/mol. The minimum absolute atomic E-state index is 0.0771. The van der Waals surface area contributed by atoms with Crippen LogP contribution in [0.3, 0.4) is 0 Å². The summed E-state index contributed by atoms with van der Waals surface area (Å²) in [6.45, 7) is 3.84. The van der Waals surface area contributed by atoms with Gasteiger partial charge >= 0.3 is 0 Å². The molecule has 1 aromatic carbocycles. The molecule has 0 bridgehead atoms. The highest BCUT2D eigenvalue weighted by Crippen LogP contribution is 2.23. The quantitative estimate of drug-likeness (QED) is 0.478. The molecule has 1 aliphatic rings. The maximum Gasteiger partial charge on any atom is 0.243 e. The fourth-order valence-corrected chi connectivity index (χ4v) is 6.00. The zero-order valence-corrected chi connectivity index (χ0v) is 19.0. The van der Waals surface area contributed by atoms with Crippen LogP contribution in [0.15, 0.2) is 65.0 Å². The van der Waals surface area contributed by atoms with Crippen LogP contribution < -0.4 is 4.90 Å². The van der Waals surface area contributed by atoms with Crippen molar-refractivity contribution in [3.63, 3.8) is 0 Å². The first-order valence-corrected chi connectivity index (χ1v) is 12.6. The first-order valence-electron chi connectivity index (χ1n) is 10.3. The largest absolute Gasteiger partial charge is 0.344 e. The second-order valence-electron chi connectivity index (χ2n) is 7.64. The number of aromatic nitrogens is 1. The molecule has 0 radical (unpaired) electrons. The molecule has 8 heteroatoms. The van der Waals surface area contributed by atoms with Gasteiger partial charge in [-0.2, -0.15) is 4.31 Å². The Morgan fingerprint density at radius 1 is 1.10 bits per heavy atom. The molecule has 2 aromatic heterocycles. The maximum absolute atomic E-state index is 13.1. The van der Waals surface area contributed by atoms with Crippen molar-refractivity contribution in [3.05, 3.63) is 76.1 Å². The lowest BCUT2D eigenvalue weighted by atomic mass is 10.1. The Morgan fingerprint density at radius 2 is 1.84 bits per heavy atom. The summed E-state index contributed by atoms with van der Waals surface area (Å²) >= 11 is 1.64. The second-order valence-corrected chi connectivity index (χ2v) is 10.6. The Hall–Kier alpha value is -2.55. The van der Waals surface area contributed by atoms with Gasteiger partial charge in [0.1, 0.15) is 5.82 Å². The van der Waals surface area contributed by atoms with Crippen LogP contribution >= 0.6 is 11.3 Å². The Morgan fingerprint density at radius 3 is 2.48 bits per heavy atom. The number of carbonyl (C=O) groups is 1. The average Bonchev–Trinajstić information content (AvgIpc) is 3.48. The predicted octanol–water partition coefficient (Wildman–Crippen LogP) is 4.13. The van der Waals surface area contributed by atoms with E-state index in [1.165, 1.54) is 16.4 Å². The molecule has 0 saturated carbocycles. The number of anilines is 1. The summed E-state index contributed by atoms with van der Waals surface area (Å²) in [5, 5.41) is 2.01. The lowest BCUT2D eigenvalue weighted by Gasteiger charge is -2.24. The standard InChI is InChI=1S/C23H25N3O3S2/c1-18-6-4-12-24-23(18)25(16-20-7-5-15-30-20)17-22(27)19-8-10-21(11-9-19)31(28,29)26-13-2-3-14-26/h4-12,15H,2-3,13-14,16-17H2,1H3. The van der Waals surface area contributed by atoms with E-state index in [0.29, 0.717) is 25.2 Å². The summed E-state index contributed by atoms with van der Waals surface area (Å²) in [7, 11) is -3.48. The molecule has 1 saturated heterocycles. The maximum atomic E-state index is 13.1. The summed E-state index contributed by atoms with van der Waals surface area (Å²) in [5.74, 6) is 0.698. The van der Waals surface area contributed by atoms with E-state index in [2.05, 4.69) is 4.98 Å². The highest BCUT2D eigenvalue weighted by molar-refractivity contribution is 7.89. The van der Waals surface area contributed by atoms with Crippen molar-refractivity contribution in [3.8, 4) is 0 Å². The summed E-state index contributed by atoms with van der Waals surface area (Å²) in [5.41, 5.74) is 1.49. The minimum atomic E-state index is -3.48. The summed E-state index contributed by atoms with van der Waals surface area (Å²) in [6.07, 6.45) is 3.51. The van der Waals surface area contributed by atoms with Crippen molar-refractivity contribution in [1.29, 1.82) is 0 Å². The van der Waals surface area contributed by atoms with Gasteiger partial charge in [-0.3, -0.25) is 4.79 Å². The molecule has 3 heterocycles. The number of aryl methyl sites for hydroxylation is 1. The van der Waals surface area contributed by atoms with Crippen LogP contribution in [0.25, 0.3) is 0 Å². The van der Waals surface area contributed by atoms with Gasteiger partial charge in [0.15, 0.2) is 5.78 Å². The van der Waals surface area contributed by atoms with E-state index in [1.807, 2.05) is 41.5 Å². The van der Waals surface area contributed by atoms with Gasteiger partial charge in [0.25, 0.3) is 0 Å². The third kappa shape index (κ3) is 4.87. The first kappa shape index (κ1) is 21.7. The predicted molar refractivity (Wildman–Crippen MR) is 123 cm³/mol. The van der Waals surface area contributed by atoms with E-state index >= 15 is 0 Å². The van der Waals surface area contributed by atoms with Gasteiger partial charge in [-0.25, -0.2) is 13.4 Å². The van der Waals surface area contributed by atoms with Crippen molar-refractivity contribution in [2.75, 3.05) is 24.5 Å². The number of Topliss-reactive ketones (excluding diaryl/α,β-unsaturated/α-hetero) is 1. The molecule has 1 fully saturated rings. The second kappa shape index (κ2) is 9.30. The highest BCUT2D eigenvalue weighted by atomic mass is 32.2. The summed E-state index contributed by atoms with van der Waals surface area (Å²) < 4.78 is 26.9. The number of nitrogens with zero attached hydrogens (tertiary/aromatic N) is 3. The van der Waals surface area contributed by atoms with E-state index < -0.39 is 10.0 Å². The summed E-state index contributed by atoms with van der Waals surface area (Å²) in [4.78, 5) is 20.9. The zero-order valence-electron chi connectivity index (χ0n) is 17.4. The number of benzene rings is 1. The number of carbonyl (C=O) groups excluding carboxylic acids is 1. The van der Waals surface area contributed by atoms with E-state index in [-0.39, 0.29) is 17.2 Å². The SMILES string of the molecule is Cc1cccnc1N(CC(=O)c1ccc(S(=O)(=O)N2CCCC2)cc1)Cc1cccs1. The normalized spacial score (nSPS) is 14.6. The van der Waals surface area contributed by atoms with Crippen LogP contribution in [0.4, 0.5) is 5.82 Å². The fraction of sp³-hybridized carbons (Fsp3) is 0.304. The van der Waals surface area contributed by atoms with Gasteiger partial charge in [0, 0.05) is 29.7 Å². The molecule has 0 aliphatic carbocycles. The van der Waals surface area contributed by atoms with Gasteiger partial charge in [-0.05, 0) is 67.1 Å². The fourth-order valence-electron chi connectivity index (χ4n) is 3.76. The Balaban J connectivity index is 1.54. The van der Waals surface area contributed by atoms with Crippen LogP contribution in [-0.2, 0) is 16.6 Å². The van der Waals surface area contributed by atoms with E-state index in [4.69, 9.17) is 0 Å². The molecule has 4 rings (SSSR count). The molecule has 0 N–H and O–H groups in total. The molecule has 0 atom stereocenters. The summed E-state index contributed by atoms with van der Waals surface area (Å²) in [6, 6.07) is 14.2. The van der Waals surface area contributed by atoms with Crippen molar-refractivity contribution >= 4 is 33.0 Å². The van der Waals surface area contributed by atoms with Crippen molar-refractivity contribution in [1.82, 2.24) is 9.29 Å². The van der Waals surface area contributed by atoms with Crippen molar-refractivity contribution < 1.29 is 13.2 Å². The number of pyridine rings is 1. The van der Waals surface area contributed by atoms with Gasteiger partial charge < -0.3 is 4.90 Å². The first-order chi connectivity index (χ1) is 14.9. The number of thiophene rings is 1. The topological polar surface area (TPSA) is 70.6 Å². The van der Waals surface area contributed by atoms with Crippen LogP contribution in [-0.4, -0.2) is 43.1 Å². The third-order valence-corrected chi connectivity index (χ3v) is 8.20. The highest BCUT2D eigenvalue weighted by Gasteiger charge is 2.27. The van der Waals surface area contributed by atoms with Crippen LogP contribution in [0.5, 0.6) is 0 Å². The zero-order chi connectivity index (χ0) is 21.8. The number of hydrogen-bond acceptors (Lipinski definition) is 6. The molecule has 162 valence electrons. The number of ketones is 1. The number of rotatable bonds is 8. The lowest BCUT2D eigenvalue weighted by molar-refractivity contribution is 0.0998. The smallest absolute Gasteiger partial charge is 0.243 e. The van der Waals surface area contributed by atoms with Gasteiger partial charge in [0.2, 0.25) is 10.0 Å². The van der Waals surface area contributed by atoms with Crippen molar-refractivity contribution in [2.24, 2.45) is 0 Å². The molecule has 6 nitrogen and oxygen atoms in total. The van der Waals surface area contributed by atoms with E-state index in [9.17, 15) is 13.2 Å². The Labute approximate surface area is 187 Å². The molecule has 3 aromatic rings.